The average molecular weight is 387 g/mol. The summed E-state index contributed by atoms with van der Waals surface area (Å²) in [6.45, 7) is 10.4. The van der Waals surface area contributed by atoms with Gasteiger partial charge in [-0.1, -0.05) is 27.7 Å². The number of carbonyl (C=O) groups is 1. The third-order valence-corrected chi connectivity index (χ3v) is 11.8. The van der Waals surface area contributed by atoms with E-state index < -0.39 is 0 Å². The lowest BCUT2D eigenvalue weighted by Crippen LogP contribution is -2.54. The smallest absolute Gasteiger partial charge is 0.305 e. The molecule has 5 aliphatic rings. The Bertz CT molecular complexity index is 657. The van der Waals surface area contributed by atoms with Crippen molar-refractivity contribution in [3.63, 3.8) is 0 Å². The van der Waals surface area contributed by atoms with E-state index in [1.807, 2.05) is 0 Å². The molecule has 0 radical (unpaired) electrons. The first-order valence-corrected chi connectivity index (χ1v) is 12.3. The standard InChI is InChI=1S/C26H42O2/c1-16(6-9-23(27)28-5)20-7-8-21-19-14-17(2)26-15-18(26)10-13-25(26,4)22(19)11-12-24(20,21)3/h16-22H,6-15H2,1-5H3/t16-,17-,18+,19?,20?,21?,22?,24-,25-,26?/m1/s1. The van der Waals surface area contributed by atoms with E-state index in [0.717, 1.165) is 47.3 Å². The fraction of sp³-hybridized carbons (Fsp3) is 0.962. The topological polar surface area (TPSA) is 26.3 Å². The van der Waals surface area contributed by atoms with E-state index in [2.05, 4.69) is 27.7 Å². The Hall–Kier alpha value is -0.530. The Morgan fingerprint density at radius 3 is 2.61 bits per heavy atom. The Labute approximate surface area is 172 Å². The molecule has 0 heterocycles. The van der Waals surface area contributed by atoms with Gasteiger partial charge in [-0.2, -0.15) is 0 Å². The second-order valence-corrected chi connectivity index (χ2v) is 12.2. The van der Waals surface area contributed by atoms with Crippen LogP contribution < -0.4 is 0 Å². The van der Waals surface area contributed by atoms with E-state index in [9.17, 15) is 4.79 Å². The van der Waals surface area contributed by atoms with Gasteiger partial charge in [0, 0.05) is 6.42 Å². The van der Waals surface area contributed by atoms with Gasteiger partial charge in [-0.15, -0.1) is 0 Å². The van der Waals surface area contributed by atoms with Crippen LogP contribution in [0.25, 0.3) is 0 Å². The second-order valence-electron chi connectivity index (χ2n) is 12.2. The Kier molecular flexibility index (Phi) is 4.33. The van der Waals surface area contributed by atoms with E-state index in [1.54, 1.807) is 6.42 Å². The van der Waals surface area contributed by atoms with Crippen LogP contribution in [0.3, 0.4) is 0 Å². The minimum absolute atomic E-state index is 0.0326. The van der Waals surface area contributed by atoms with Gasteiger partial charge < -0.3 is 4.74 Å². The van der Waals surface area contributed by atoms with Crippen molar-refractivity contribution in [3.05, 3.63) is 0 Å². The second kappa shape index (κ2) is 6.24. The number of hydrogen-bond donors (Lipinski definition) is 0. The largest absolute Gasteiger partial charge is 0.469 e. The number of esters is 1. The van der Waals surface area contributed by atoms with Crippen molar-refractivity contribution in [1.29, 1.82) is 0 Å². The number of hydrogen-bond acceptors (Lipinski definition) is 2. The molecular weight excluding hydrogens is 344 g/mol. The average Bonchev–Trinajstić information content (AvgIpc) is 3.20. The van der Waals surface area contributed by atoms with Gasteiger partial charge in [0.25, 0.3) is 0 Å². The molecule has 28 heavy (non-hydrogen) atoms. The first-order chi connectivity index (χ1) is 13.3. The van der Waals surface area contributed by atoms with Crippen molar-refractivity contribution in [2.75, 3.05) is 7.11 Å². The van der Waals surface area contributed by atoms with Gasteiger partial charge >= 0.3 is 5.97 Å². The van der Waals surface area contributed by atoms with Crippen molar-refractivity contribution in [2.24, 2.45) is 57.7 Å². The van der Waals surface area contributed by atoms with Crippen molar-refractivity contribution < 1.29 is 9.53 Å². The highest BCUT2D eigenvalue weighted by atomic mass is 16.5. The number of fused-ring (bicyclic) bond motifs is 4. The number of methoxy groups -OCH3 is 1. The van der Waals surface area contributed by atoms with Crippen LogP contribution in [0.2, 0.25) is 0 Å². The van der Waals surface area contributed by atoms with E-state index in [1.165, 1.54) is 52.1 Å². The quantitative estimate of drug-likeness (QED) is 0.517. The van der Waals surface area contributed by atoms with Crippen molar-refractivity contribution in [1.82, 2.24) is 0 Å². The van der Waals surface area contributed by atoms with Crippen LogP contribution >= 0.6 is 0 Å². The van der Waals surface area contributed by atoms with Gasteiger partial charge in [0.05, 0.1) is 7.11 Å². The third-order valence-electron chi connectivity index (χ3n) is 11.8. The molecule has 0 bridgehead atoms. The van der Waals surface area contributed by atoms with Crippen LogP contribution in [0.5, 0.6) is 0 Å². The molecular formula is C26H42O2. The third kappa shape index (κ3) is 2.30. The summed E-state index contributed by atoms with van der Waals surface area (Å²) < 4.78 is 4.90. The highest BCUT2D eigenvalue weighted by molar-refractivity contribution is 5.69. The highest BCUT2D eigenvalue weighted by Gasteiger charge is 2.76. The summed E-state index contributed by atoms with van der Waals surface area (Å²) in [5, 5.41) is 0. The molecule has 10 atom stereocenters. The highest BCUT2D eigenvalue weighted by Crippen LogP contribution is 2.83. The maximum absolute atomic E-state index is 11.7. The molecule has 5 saturated carbocycles. The molecule has 2 nitrogen and oxygen atoms in total. The van der Waals surface area contributed by atoms with Crippen LogP contribution in [0, 0.1) is 57.7 Å². The zero-order chi connectivity index (χ0) is 19.9. The van der Waals surface area contributed by atoms with Crippen LogP contribution in [0.1, 0.15) is 91.9 Å². The molecule has 5 unspecified atom stereocenters. The molecule has 2 heteroatoms. The SMILES string of the molecule is COC(=O)CC[C@@H](C)C1CCC2C3C[C@@H](C)C45C[C@@H]4CC[C@]5(C)C3CC[C@@]21C. The maximum atomic E-state index is 11.7. The molecule has 0 N–H and O–H groups in total. The normalized spacial score (nSPS) is 54.9. The Morgan fingerprint density at radius 2 is 1.89 bits per heavy atom. The summed E-state index contributed by atoms with van der Waals surface area (Å²) in [6, 6.07) is 0. The predicted octanol–water partition coefficient (Wildman–Crippen LogP) is 6.48. The van der Waals surface area contributed by atoms with E-state index in [-0.39, 0.29) is 5.97 Å². The van der Waals surface area contributed by atoms with Gasteiger partial charge in [-0.3, -0.25) is 4.79 Å². The molecule has 0 aromatic rings. The Morgan fingerprint density at radius 1 is 1.11 bits per heavy atom. The van der Waals surface area contributed by atoms with Gasteiger partial charge in [-0.05, 0) is 115 Å². The zero-order valence-corrected chi connectivity index (χ0v) is 18.9. The fourth-order valence-corrected chi connectivity index (χ4v) is 10.5. The molecule has 0 amide bonds. The number of rotatable bonds is 4. The first kappa shape index (κ1) is 19.4. The minimum Gasteiger partial charge on any atom is -0.469 e. The molecule has 5 fully saturated rings. The predicted molar refractivity (Wildman–Crippen MR) is 113 cm³/mol. The first-order valence-electron chi connectivity index (χ1n) is 12.3. The summed E-state index contributed by atoms with van der Waals surface area (Å²) >= 11 is 0. The monoisotopic (exact) mass is 386 g/mol. The summed E-state index contributed by atoms with van der Waals surface area (Å²) in [6.07, 6.45) is 13.5. The molecule has 0 saturated heterocycles. The number of carbonyl (C=O) groups excluding carboxylic acids is 1. The Balaban J connectivity index is 1.36. The molecule has 1 spiro atoms. The molecule has 5 rings (SSSR count). The van der Waals surface area contributed by atoms with Crippen molar-refractivity contribution >= 4 is 5.97 Å². The molecule has 0 aliphatic heterocycles. The van der Waals surface area contributed by atoms with E-state index in [0.29, 0.717) is 23.2 Å². The molecule has 0 aromatic carbocycles. The van der Waals surface area contributed by atoms with Gasteiger partial charge in [0.2, 0.25) is 0 Å². The van der Waals surface area contributed by atoms with Crippen molar-refractivity contribution in [3.8, 4) is 0 Å². The lowest BCUT2D eigenvalue weighted by molar-refractivity contribution is -0.141. The van der Waals surface area contributed by atoms with Gasteiger partial charge in [0.1, 0.15) is 0 Å². The summed E-state index contributed by atoms with van der Waals surface area (Å²) in [4.78, 5) is 11.7. The van der Waals surface area contributed by atoms with Crippen LogP contribution in [0.15, 0.2) is 0 Å². The molecule has 158 valence electrons. The fourth-order valence-electron chi connectivity index (χ4n) is 10.5. The lowest BCUT2D eigenvalue weighted by Gasteiger charge is -2.61. The zero-order valence-electron chi connectivity index (χ0n) is 18.9. The van der Waals surface area contributed by atoms with Crippen LogP contribution in [-0.4, -0.2) is 13.1 Å². The minimum atomic E-state index is -0.0326. The summed E-state index contributed by atoms with van der Waals surface area (Å²) in [7, 11) is 1.52. The maximum Gasteiger partial charge on any atom is 0.305 e. The molecule has 5 aliphatic carbocycles. The van der Waals surface area contributed by atoms with Gasteiger partial charge in [-0.25, -0.2) is 0 Å². The summed E-state index contributed by atoms with van der Waals surface area (Å²) in [5.41, 5.74) is 1.91. The van der Waals surface area contributed by atoms with Crippen LogP contribution in [-0.2, 0) is 9.53 Å². The van der Waals surface area contributed by atoms with Gasteiger partial charge in [0.15, 0.2) is 0 Å². The van der Waals surface area contributed by atoms with Crippen molar-refractivity contribution in [2.45, 2.75) is 91.9 Å². The van der Waals surface area contributed by atoms with Crippen LogP contribution in [0.4, 0.5) is 0 Å². The molecule has 0 aromatic heterocycles. The number of ether oxygens (including phenoxy) is 1. The lowest BCUT2D eigenvalue weighted by atomic mass is 9.44. The van der Waals surface area contributed by atoms with E-state index >= 15 is 0 Å². The van der Waals surface area contributed by atoms with E-state index in [4.69, 9.17) is 4.74 Å². The summed E-state index contributed by atoms with van der Waals surface area (Å²) in [5.74, 6) is 6.36.